The minimum absolute atomic E-state index is 0.0290. The number of halogens is 3. The van der Waals surface area contributed by atoms with E-state index in [0.29, 0.717) is 5.56 Å². The molecule has 0 aliphatic carbocycles. The van der Waals surface area contributed by atoms with Crippen LogP contribution in [0.25, 0.3) is 0 Å². The summed E-state index contributed by atoms with van der Waals surface area (Å²) in [5, 5.41) is 8.82. The van der Waals surface area contributed by atoms with Crippen molar-refractivity contribution in [1.82, 2.24) is 0 Å². The van der Waals surface area contributed by atoms with E-state index in [-0.39, 0.29) is 23.1 Å². The van der Waals surface area contributed by atoms with Gasteiger partial charge in [0.2, 0.25) is 0 Å². The highest BCUT2D eigenvalue weighted by Gasteiger charge is 2.15. The average molecular weight is 239 g/mol. The zero-order valence-corrected chi connectivity index (χ0v) is 8.59. The first-order chi connectivity index (χ1) is 7.08. The predicted molar refractivity (Wildman–Crippen MR) is 50.6 cm³/mol. The van der Waals surface area contributed by atoms with E-state index >= 15 is 0 Å². The van der Waals surface area contributed by atoms with E-state index < -0.39 is 6.61 Å². The van der Waals surface area contributed by atoms with Gasteiger partial charge in [0.1, 0.15) is 0 Å². The molecule has 6 heteroatoms. The van der Waals surface area contributed by atoms with E-state index in [1.165, 1.54) is 19.2 Å². The summed E-state index contributed by atoms with van der Waals surface area (Å²) in [7, 11) is 1.30. The standard InChI is InChI=1S/C9H9ClF2O3/c1-14-7-3-5(4-13)2-6(10)8(7)15-9(11)12/h2-3,9,13H,4H2,1H3. The second-order valence-corrected chi connectivity index (χ2v) is 3.05. The van der Waals surface area contributed by atoms with Gasteiger partial charge in [-0.2, -0.15) is 8.78 Å². The van der Waals surface area contributed by atoms with Gasteiger partial charge in [0.15, 0.2) is 11.5 Å². The number of methoxy groups -OCH3 is 1. The summed E-state index contributed by atoms with van der Waals surface area (Å²) in [6.45, 7) is -3.23. The molecule has 0 saturated carbocycles. The maximum absolute atomic E-state index is 12.0. The highest BCUT2D eigenvalue weighted by Crippen LogP contribution is 2.37. The van der Waals surface area contributed by atoms with Crippen LogP contribution in [0.2, 0.25) is 5.02 Å². The molecule has 0 unspecified atom stereocenters. The van der Waals surface area contributed by atoms with Crippen molar-refractivity contribution in [2.75, 3.05) is 7.11 Å². The van der Waals surface area contributed by atoms with Crippen LogP contribution in [0.3, 0.4) is 0 Å². The van der Waals surface area contributed by atoms with Crippen molar-refractivity contribution in [2.45, 2.75) is 13.2 Å². The molecule has 0 atom stereocenters. The Morgan fingerprint density at radius 1 is 1.47 bits per heavy atom. The van der Waals surface area contributed by atoms with Gasteiger partial charge in [0.25, 0.3) is 0 Å². The lowest BCUT2D eigenvalue weighted by Gasteiger charge is -2.12. The maximum Gasteiger partial charge on any atom is 0.387 e. The van der Waals surface area contributed by atoms with Crippen molar-refractivity contribution in [3.8, 4) is 11.5 Å². The molecule has 1 aromatic rings. The topological polar surface area (TPSA) is 38.7 Å². The third-order valence-electron chi connectivity index (χ3n) is 1.68. The fourth-order valence-corrected chi connectivity index (χ4v) is 1.35. The minimum Gasteiger partial charge on any atom is -0.493 e. The van der Waals surface area contributed by atoms with Gasteiger partial charge in [-0.05, 0) is 17.7 Å². The third kappa shape index (κ3) is 2.94. The maximum atomic E-state index is 12.0. The summed E-state index contributed by atoms with van der Waals surface area (Å²) in [6.07, 6.45) is 0. The second kappa shape index (κ2) is 5.14. The number of hydrogen-bond acceptors (Lipinski definition) is 3. The molecule has 1 aromatic carbocycles. The molecule has 0 aromatic heterocycles. The van der Waals surface area contributed by atoms with Crippen LogP contribution in [0.15, 0.2) is 12.1 Å². The first-order valence-corrected chi connectivity index (χ1v) is 4.38. The lowest BCUT2D eigenvalue weighted by molar-refractivity contribution is -0.0511. The Morgan fingerprint density at radius 3 is 2.60 bits per heavy atom. The number of aliphatic hydroxyl groups excluding tert-OH is 1. The Kier molecular flexibility index (Phi) is 4.11. The second-order valence-electron chi connectivity index (χ2n) is 2.65. The molecule has 0 fully saturated rings. The SMILES string of the molecule is COc1cc(CO)cc(Cl)c1OC(F)F. The summed E-state index contributed by atoms with van der Waals surface area (Å²) in [5.74, 6) is -0.168. The normalized spacial score (nSPS) is 10.5. The highest BCUT2D eigenvalue weighted by atomic mass is 35.5. The van der Waals surface area contributed by atoms with Gasteiger partial charge in [-0.15, -0.1) is 0 Å². The Labute approximate surface area is 90.2 Å². The quantitative estimate of drug-likeness (QED) is 0.876. The minimum atomic E-state index is -2.98. The molecule has 0 amide bonds. The molecular weight excluding hydrogens is 230 g/mol. The van der Waals surface area contributed by atoms with E-state index in [4.69, 9.17) is 21.4 Å². The van der Waals surface area contributed by atoms with Crippen LogP contribution in [0.5, 0.6) is 11.5 Å². The van der Waals surface area contributed by atoms with E-state index in [0.717, 1.165) is 0 Å². The van der Waals surface area contributed by atoms with Gasteiger partial charge in [-0.3, -0.25) is 0 Å². The Hall–Kier alpha value is -1.07. The van der Waals surface area contributed by atoms with E-state index in [1.54, 1.807) is 0 Å². The molecule has 1 rings (SSSR count). The van der Waals surface area contributed by atoms with Crippen molar-refractivity contribution < 1.29 is 23.4 Å². The molecule has 3 nitrogen and oxygen atoms in total. The van der Waals surface area contributed by atoms with Gasteiger partial charge in [0.05, 0.1) is 18.7 Å². The molecule has 84 valence electrons. The number of aliphatic hydroxyl groups is 1. The summed E-state index contributed by atoms with van der Waals surface area (Å²) in [5.41, 5.74) is 0.457. The number of rotatable bonds is 4. The predicted octanol–water partition coefficient (Wildman–Crippen LogP) is 2.44. The largest absolute Gasteiger partial charge is 0.493 e. The van der Waals surface area contributed by atoms with Crippen molar-refractivity contribution >= 4 is 11.6 Å². The summed E-state index contributed by atoms with van der Waals surface area (Å²) in [6, 6.07) is 2.71. The zero-order valence-electron chi connectivity index (χ0n) is 7.84. The summed E-state index contributed by atoms with van der Waals surface area (Å²) in [4.78, 5) is 0. The van der Waals surface area contributed by atoms with Crippen LogP contribution in [-0.2, 0) is 6.61 Å². The Morgan fingerprint density at radius 2 is 2.13 bits per heavy atom. The number of hydrogen-bond donors (Lipinski definition) is 1. The number of alkyl halides is 2. The molecule has 0 spiro atoms. The summed E-state index contributed by atoms with van der Waals surface area (Å²) < 4.78 is 33.0. The van der Waals surface area contributed by atoms with Gasteiger partial charge in [-0.25, -0.2) is 0 Å². The lowest BCUT2D eigenvalue weighted by atomic mass is 10.2. The van der Waals surface area contributed by atoms with Gasteiger partial charge in [0, 0.05) is 0 Å². The third-order valence-corrected chi connectivity index (χ3v) is 1.96. The first-order valence-electron chi connectivity index (χ1n) is 4.00. The molecule has 0 bridgehead atoms. The van der Waals surface area contributed by atoms with Crippen molar-refractivity contribution in [3.05, 3.63) is 22.7 Å². The van der Waals surface area contributed by atoms with Gasteiger partial charge in [-0.1, -0.05) is 11.6 Å². The van der Waals surface area contributed by atoms with E-state index in [9.17, 15) is 8.78 Å². The van der Waals surface area contributed by atoms with E-state index in [2.05, 4.69) is 4.74 Å². The van der Waals surface area contributed by atoms with E-state index in [1.807, 2.05) is 0 Å². The molecule has 1 N–H and O–H groups in total. The molecule has 0 aliphatic rings. The smallest absolute Gasteiger partial charge is 0.387 e. The van der Waals surface area contributed by atoms with Crippen LogP contribution in [0.1, 0.15) is 5.56 Å². The van der Waals surface area contributed by atoms with Gasteiger partial charge < -0.3 is 14.6 Å². The average Bonchev–Trinajstić information content (AvgIpc) is 2.20. The fourth-order valence-electron chi connectivity index (χ4n) is 1.07. The Balaban J connectivity index is 3.12. The van der Waals surface area contributed by atoms with Crippen LogP contribution in [0.4, 0.5) is 8.78 Å². The van der Waals surface area contributed by atoms with Crippen molar-refractivity contribution in [2.24, 2.45) is 0 Å². The Bertz CT molecular complexity index is 344. The van der Waals surface area contributed by atoms with Crippen LogP contribution in [-0.4, -0.2) is 18.8 Å². The molecule has 0 saturated heterocycles. The molecule has 0 radical (unpaired) electrons. The zero-order chi connectivity index (χ0) is 11.4. The van der Waals surface area contributed by atoms with Crippen molar-refractivity contribution in [3.63, 3.8) is 0 Å². The molecule has 15 heavy (non-hydrogen) atoms. The monoisotopic (exact) mass is 238 g/mol. The molecule has 0 heterocycles. The van der Waals surface area contributed by atoms with Crippen molar-refractivity contribution in [1.29, 1.82) is 0 Å². The van der Waals surface area contributed by atoms with Crippen LogP contribution >= 0.6 is 11.6 Å². The number of benzene rings is 1. The van der Waals surface area contributed by atoms with Gasteiger partial charge >= 0.3 is 6.61 Å². The molecule has 0 aliphatic heterocycles. The van der Waals surface area contributed by atoms with Crippen LogP contribution in [0, 0.1) is 0 Å². The lowest BCUT2D eigenvalue weighted by Crippen LogP contribution is -2.04. The fraction of sp³-hybridized carbons (Fsp3) is 0.333. The molecular formula is C9H9ClF2O3. The highest BCUT2D eigenvalue weighted by molar-refractivity contribution is 6.32. The van der Waals surface area contributed by atoms with Crippen LogP contribution < -0.4 is 9.47 Å². The first kappa shape index (κ1) is 12.0. The summed E-state index contributed by atoms with van der Waals surface area (Å²) >= 11 is 5.69. The number of ether oxygens (including phenoxy) is 2.